The molecule has 1 heterocycles. The average molecular weight is 468 g/mol. The van der Waals surface area contributed by atoms with Crippen LogP contribution in [0.15, 0.2) is 16.6 Å². The molecule has 25 heavy (non-hydrogen) atoms. The Morgan fingerprint density at radius 2 is 1.84 bits per heavy atom. The second-order valence-electron chi connectivity index (χ2n) is 5.04. The molecule has 0 spiro atoms. The topological polar surface area (TPSA) is 75.7 Å². The van der Waals surface area contributed by atoms with Crippen molar-refractivity contribution in [2.24, 2.45) is 0 Å². The largest absolute Gasteiger partial charge is 0.492 e. The van der Waals surface area contributed by atoms with E-state index in [2.05, 4.69) is 15.9 Å². The van der Waals surface area contributed by atoms with Gasteiger partial charge in [-0.3, -0.25) is 0 Å². The fraction of sp³-hybridized carbons (Fsp3) is 0.385. The third-order valence-electron chi connectivity index (χ3n) is 3.10. The summed E-state index contributed by atoms with van der Waals surface area (Å²) in [6, 6.07) is 2.70. The second kappa shape index (κ2) is 7.48. The quantitative estimate of drug-likeness (QED) is 0.233. The van der Waals surface area contributed by atoms with E-state index in [1.54, 1.807) is 0 Å². The molecule has 1 aromatic heterocycles. The lowest BCUT2D eigenvalue weighted by molar-refractivity contribution is -0.136. The number of nitrogen functional groups attached to an aromatic ring is 1. The van der Waals surface area contributed by atoms with E-state index in [0.717, 1.165) is 0 Å². The molecule has 0 fully saturated rings. The lowest BCUT2D eigenvalue weighted by atomic mass is 10.2. The van der Waals surface area contributed by atoms with E-state index >= 15 is 0 Å². The number of alkyl halides is 5. The van der Waals surface area contributed by atoms with E-state index in [0.29, 0.717) is 11.3 Å². The molecule has 0 aliphatic carbocycles. The summed E-state index contributed by atoms with van der Waals surface area (Å²) in [6.07, 6.45) is -5.64. The number of hydrogen-bond donors (Lipinski definition) is 3. The Balaban J connectivity index is 2.35. The number of anilines is 1. The molecule has 0 unspecified atom stereocenters. The molecule has 0 saturated carbocycles. The Bertz CT molecular complexity index is 768. The number of rotatable bonds is 6. The highest BCUT2D eigenvalue weighted by molar-refractivity contribution is 9.10. The molecule has 0 aliphatic heterocycles. The monoisotopic (exact) mass is 467 g/mol. The Hall–Kier alpha value is -0.740. The van der Waals surface area contributed by atoms with Crippen molar-refractivity contribution in [1.82, 2.24) is 0 Å². The smallest absolute Gasteiger partial charge is 0.389 e. The van der Waals surface area contributed by atoms with Gasteiger partial charge in [0.05, 0.1) is 16.2 Å². The fourth-order valence-electron chi connectivity index (χ4n) is 2.01. The van der Waals surface area contributed by atoms with Gasteiger partial charge in [0.2, 0.25) is 8.38 Å². The molecule has 12 heteroatoms. The fourth-order valence-corrected chi connectivity index (χ4v) is 4.79. The van der Waals surface area contributed by atoms with E-state index in [-0.39, 0.29) is 39.0 Å². The van der Waals surface area contributed by atoms with Gasteiger partial charge in [-0.05, 0) is 28.4 Å². The summed E-state index contributed by atoms with van der Waals surface area (Å²) in [4.78, 5) is 17.3. The molecule has 0 saturated heterocycles. The van der Waals surface area contributed by atoms with Crippen LogP contribution in [0.4, 0.5) is 27.6 Å². The van der Waals surface area contributed by atoms with Crippen LogP contribution >= 0.6 is 35.6 Å². The maximum absolute atomic E-state index is 14.0. The molecular formula is C13H12BrF5NO3PS. The van der Waals surface area contributed by atoms with Gasteiger partial charge >= 0.3 is 11.8 Å². The van der Waals surface area contributed by atoms with Crippen LogP contribution < -0.4 is 10.5 Å². The molecule has 0 bridgehead atoms. The summed E-state index contributed by atoms with van der Waals surface area (Å²) < 4.78 is 69.8. The number of benzene rings is 1. The van der Waals surface area contributed by atoms with E-state index in [4.69, 9.17) is 20.3 Å². The molecule has 0 radical (unpaired) electrons. The maximum Gasteiger partial charge on any atom is 0.389 e. The second-order valence-corrected chi connectivity index (χ2v) is 7.99. The summed E-state index contributed by atoms with van der Waals surface area (Å²) in [7, 11) is -3.57. The van der Waals surface area contributed by atoms with Crippen molar-refractivity contribution in [3.8, 4) is 5.75 Å². The summed E-state index contributed by atoms with van der Waals surface area (Å²) in [6.45, 7) is -0.272. The zero-order valence-electron chi connectivity index (χ0n) is 12.3. The van der Waals surface area contributed by atoms with Gasteiger partial charge in [-0.15, -0.1) is 11.3 Å². The van der Waals surface area contributed by atoms with Crippen LogP contribution in [0.5, 0.6) is 5.75 Å². The summed E-state index contributed by atoms with van der Waals surface area (Å²) >= 11 is 3.55. The van der Waals surface area contributed by atoms with Crippen molar-refractivity contribution < 1.29 is 36.5 Å². The molecular weight excluding hydrogens is 456 g/mol. The zero-order chi connectivity index (χ0) is 19.0. The Kier molecular flexibility index (Phi) is 6.15. The van der Waals surface area contributed by atoms with Crippen LogP contribution in [0, 0.1) is 0 Å². The molecule has 4 N–H and O–H groups in total. The number of fused-ring (bicyclic) bond motifs is 1. The first-order chi connectivity index (χ1) is 11.4. The number of thiophene rings is 1. The molecule has 0 atom stereocenters. The third kappa shape index (κ3) is 4.71. The first-order valence-electron chi connectivity index (χ1n) is 6.71. The SMILES string of the molecule is Nc1cc(OCCCC(F)(F)F)c2sc(C(F)(F)P(O)O)c(Br)c2c1. The minimum Gasteiger partial charge on any atom is -0.492 e. The molecule has 1 aromatic carbocycles. The van der Waals surface area contributed by atoms with Crippen molar-refractivity contribution in [1.29, 1.82) is 0 Å². The number of ether oxygens (including phenoxy) is 1. The molecule has 4 nitrogen and oxygen atoms in total. The maximum atomic E-state index is 14.0. The summed E-state index contributed by atoms with van der Waals surface area (Å²) in [5.74, 6) is 0.0603. The van der Waals surface area contributed by atoms with Crippen molar-refractivity contribution >= 4 is 51.4 Å². The van der Waals surface area contributed by atoms with Crippen LogP contribution in [-0.4, -0.2) is 22.6 Å². The van der Waals surface area contributed by atoms with E-state index in [1.165, 1.54) is 12.1 Å². The number of nitrogens with two attached hydrogens (primary N) is 1. The van der Waals surface area contributed by atoms with Crippen LogP contribution in [0.3, 0.4) is 0 Å². The van der Waals surface area contributed by atoms with Gasteiger partial charge in [-0.25, -0.2) is 0 Å². The minimum atomic E-state index is -4.31. The van der Waals surface area contributed by atoms with Crippen LogP contribution in [0.25, 0.3) is 10.1 Å². The predicted molar refractivity (Wildman–Crippen MR) is 90.0 cm³/mol. The van der Waals surface area contributed by atoms with Gasteiger partial charge in [-0.1, -0.05) is 0 Å². The van der Waals surface area contributed by atoms with Crippen LogP contribution in [0.2, 0.25) is 0 Å². The standard InChI is InChI=1S/C13H12BrF5NO3PS/c14-9-7-4-6(20)5-8(23-3-1-2-12(15,16)17)10(7)25-11(9)13(18,19)24(21)22/h4-5,21-22H,1-3,20H2. The first-order valence-corrected chi connectivity index (χ1v) is 9.56. The highest BCUT2D eigenvalue weighted by Crippen LogP contribution is 2.58. The lowest BCUT2D eigenvalue weighted by Gasteiger charge is -2.15. The van der Waals surface area contributed by atoms with Gasteiger partial charge in [0.15, 0.2) is 0 Å². The van der Waals surface area contributed by atoms with Crippen LogP contribution in [-0.2, 0) is 5.66 Å². The van der Waals surface area contributed by atoms with Gasteiger partial charge in [0.1, 0.15) is 5.75 Å². The molecule has 2 rings (SSSR count). The molecule has 0 aliphatic rings. The normalized spacial score (nSPS) is 13.0. The van der Waals surface area contributed by atoms with Gasteiger partial charge in [0.25, 0.3) is 0 Å². The van der Waals surface area contributed by atoms with Gasteiger partial charge in [-0.2, -0.15) is 22.0 Å². The lowest BCUT2D eigenvalue weighted by Crippen LogP contribution is -2.09. The number of hydrogen-bond acceptors (Lipinski definition) is 5. The number of halogens is 6. The first kappa shape index (κ1) is 20.6. The van der Waals surface area contributed by atoms with Crippen molar-refractivity contribution in [2.45, 2.75) is 24.7 Å². The minimum absolute atomic E-state index is 0.0603. The van der Waals surface area contributed by atoms with E-state index in [9.17, 15) is 22.0 Å². The van der Waals surface area contributed by atoms with Crippen LogP contribution in [0.1, 0.15) is 17.7 Å². The Morgan fingerprint density at radius 3 is 2.40 bits per heavy atom. The highest BCUT2D eigenvalue weighted by atomic mass is 79.9. The van der Waals surface area contributed by atoms with E-state index in [1.807, 2.05) is 0 Å². The summed E-state index contributed by atoms with van der Waals surface area (Å²) in [5.41, 5.74) is 1.98. The Morgan fingerprint density at radius 1 is 1.20 bits per heavy atom. The van der Waals surface area contributed by atoms with Crippen molar-refractivity contribution in [3.63, 3.8) is 0 Å². The average Bonchev–Trinajstić information content (AvgIpc) is 2.80. The van der Waals surface area contributed by atoms with Crippen molar-refractivity contribution in [2.75, 3.05) is 12.3 Å². The Labute approximate surface area is 152 Å². The summed E-state index contributed by atoms with van der Waals surface area (Å²) in [5, 5.41) is 0.252. The predicted octanol–water partition coefficient (Wildman–Crippen LogP) is 5.31. The van der Waals surface area contributed by atoms with Crippen molar-refractivity contribution in [3.05, 3.63) is 21.5 Å². The molecule has 0 amide bonds. The molecule has 2 aromatic rings. The van der Waals surface area contributed by atoms with Gasteiger partial charge in [0, 0.05) is 28.0 Å². The third-order valence-corrected chi connectivity index (χ3v) is 6.36. The zero-order valence-corrected chi connectivity index (χ0v) is 15.6. The van der Waals surface area contributed by atoms with Gasteiger partial charge < -0.3 is 20.3 Å². The highest BCUT2D eigenvalue weighted by Gasteiger charge is 2.45. The molecule has 140 valence electrons. The van der Waals surface area contributed by atoms with E-state index < -0.39 is 31.5 Å².